The molecule has 1 atom stereocenters. The number of carboxylic acids is 1. The smallest absolute Gasteiger partial charge is 0.323 e. The van der Waals surface area contributed by atoms with Crippen LogP contribution < -0.4 is 5.32 Å². The zero-order valence-corrected chi connectivity index (χ0v) is 10.5. The van der Waals surface area contributed by atoms with Gasteiger partial charge in [0.2, 0.25) is 0 Å². The van der Waals surface area contributed by atoms with Crippen LogP contribution in [0.25, 0.3) is 0 Å². The van der Waals surface area contributed by atoms with Crippen LogP contribution in [0.2, 0.25) is 0 Å². The molecule has 0 radical (unpaired) electrons. The maximum atomic E-state index is 11.3. The lowest BCUT2D eigenvalue weighted by Gasteiger charge is -2.31. The molecule has 1 aliphatic rings. The fourth-order valence-corrected chi connectivity index (χ4v) is 3.79. The first-order valence-electron chi connectivity index (χ1n) is 5.56. The van der Waals surface area contributed by atoms with Gasteiger partial charge in [-0.3, -0.25) is 10.1 Å². The average Bonchev–Trinajstić information content (AvgIpc) is 2.54. The van der Waals surface area contributed by atoms with Crippen molar-refractivity contribution in [3.05, 3.63) is 0 Å². The summed E-state index contributed by atoms with van der Waals surface area (Å²) in [6, 6.07) is -0.221. The predicted octanol–water partition coefficient (Wildman–Crippen LogP) is 0.407. The van der Waals surface area contributed by atoms with Crippen molar-refractivity contribution >= 4 is 15.8 Å². The van der Waals surface area contributed by atoms with E-state index in [1.54, 1.807) is 13.8 Å². The maximum Gasteiger partial charge on any atom is 0.323 e. The van der Waals surface area contributed by atoms with Crippen molar-refractivity contribution in [1.82, 2.24) is 5.32 Å². The van der Waals surface area contributed by atoms with Gasteiger partial charge < -0.3 is 5.11 Å². The SMILES string of the molecule is CCC(CC)(NC1CCS(=O)(=O)C1)C(=O)O. The Hall–Kier alpha value is -0.620. The van der Waals surface area contributed by atoms with Gasteiger partial charge in [0.1, 0.15) is 5.54 Å². The maximum absolute atomic E-state index is 11.3. The zero-order chi connectivity index (χ0) is 12.4. The zero-order valence-electron chi connectivity index (χ0n) is 9.69. The molecule has 5 nitrogen and oxygen atoms in total. The molecule has 1 unspecified atom stereocenters. The highest BCUT2D eigenvalue weighted by Gasteiger charge is 2.39. The summed E-state index contributed by atoms with van der Waals surface area (Å²) in [5, 5.41) is 12.2. The van der Waals surface area contributed by atoms with Crippen molar-refractivity contribution in [3.8, 4) is 0 Å². The second kappa shape index (κ2) is 4.71. The van der Waals surface area contributed by atoms with Gasteiger partial charge >= 0.3 is 5.97 Å². The first-order valence-corrected chi connectivity index (χ1v) is 7.39. The summed E-state index contributed by atoms with van der Waals surface area (Å²) < 4.78 is 22.6. The molecule has 2 N–H and O–H groups in total. The van der Waals surface area contributed by atoms with Crippen molar-refractivity contribution in [3.63, 3.8) is 0 Å². The minimum Gasteiger partial charge on any atom is -0.480 e. The van der Waals surface area contributed by atoms with E-state index in [-0.39, 0.29) is 17.5 Å². The first kappa shape index (κ1) is 13.4. The van der Waals surface area contributed by atoms with Gasteiger partial charge in [0, 0.05) is 6.04 Å². The molecule has 0 amide bonds. The Labute approximate surface area is 96.1 Å². The van der Waals surface area contributed by atoms with Crippen LogP contribution in [-0.4, -0.2) is 42.6 Å². The van der Waals surface area contributed by atoms with Gasteiger partial charge in [-0.05, 0) is 19.3 Å². The molecular formula is C10H19NO4S. The van der Waals surface area contributed by atoms with E-state index >= 15 is 0 Å². The van der Waals surface area contributed by atoms with Crippen molar-refractivity contribution in [2.75, 3.05) is 11.5 Å². The number of nitrogens with one attached hydrogen (secondary N) is 1. The summed E-state index contributed by atoms with van der Waals surface area (Å²) in [7, 11) is -2.97. The molecule has 0 aliphatic carbocycles. The number of hydrogen-bond acceptors (Lipinski definition) is 4. The molecular weight excluding hydrogens is 230 g/mol. The van der Waals surface area contributed by atoms with Gasteiger partial charge in [0.15, 0.2) is 9.84 Å². The third-order valence-corrected chi connectivity index (χ3v) is 5.10. The monoisotopic (exact) mass is 249 g/mol. The average molecular weight is 249 g/mol. The Balaban J connectivity index is 2.74. The largest absolute Gasteiger partial charge is 0.480 e. The van der Waals surface area contributed by atoms with Gasteiger partial charge in [-0.1, -0.05) is 13.8 Å². The first-order chi connectivity index (χ1) is 7.35. The molecule has 1 fully saturated rings. The minimum absolute atomic E-state index is 0.0576. The minimum atomic E-state index is -2.97. The summed E-state index contributed by atoms with van der Waals surface area (Å²) >= 11 is 0. The van der Waals surface area contributed by atoms with Crippen LogP contribution in [-0.2, 0) is 14.6 Å². The fraction of sp³-hybridized carbons (Fsp3) is 0.900. The molecule has 0 aromatic carbocycles. The molecule has 0 spiro atoms. The van der Waals surface area contributed by atoms with Crippen LogP contribution in [0, 0.1) is 0 Å². The van der Waals surface area contributed by atoms with Crippen molar-refractivity contribution in [1.29, 1.82) is 0 Å². The molecule has 0 aromatic rings. The van der Waals surface area contributed by atoms with Crippen molar-refractivity contribution < 1.29 is 18.3 Å². The molecule has 0 aromatic heterocycles. The van der Waals surface area contributed by atoms with Gasteiger partial charge in [-0.15, -0.1) is 0 Å². The highest BCUT2D eigenvalue weighted by molar-refractivity contribution is 7.91. The van der Waals surface area contributed by atoms with Gasteiger partial charge in [-0.2, -0.15) is 0 Å². The molecule has 1 saturated heterocycles. The third kappa shape index (κ3) is 2.74. The second-order valence-electron chi connectivity index (χ2n) is 4.34. The highest BCUT2D eigenvalue weighted by atomic mass is 32.2. The van der Waals surface area contributed by atoms with E-state index in [1.165, 1.54) is 0 Å². The van der Waals surface area contributed by atoms with E-state index in [0.717, 1.165) is 0 Å². The Bertz CT molecular complexity index is 359. The standard InChI is InChI=1S/C10H19NO4S/c1-3-10(4-2,9(12)13)11-8-5-6-16(14,15)7-8/h8,11H,3-7H2,1-2H3,(H,12,13). The van der Waals surface area contributed by atoms with Crippen LogP contribution >= 0.6 is 0 Å². The van der Waals surface area contributed by atoms with Crippen LogP contribution in [0.4, 0.5) is 0 Å². The van der Waals surface area contributed by atoms with Gasteiger partial charge in [0.25, 0.3) is 0 Å². The number of hydrogen-bond donors (Lipinski definition) is 2. The summed E-state index contributed by atoms with van der Waals surface area (Å²) in [4.78, 5) is 11.2. The van der Waals surface area contributed by atoms with E-state index in [4.69, 9.17) is 0 Å². The number of aliphatic carboxylic acids is 1. The summed E-state index contributed by atoms with van der Waals surface area (Å²) in [6.07, 6.45) is 1.42. The van der Waals surface area contributed by atoms with E-state index < -0.39 is 21.3 Å². The Morgan fingerprint density at radius 1 is 1.44 bits per heavy atom. The number of sulfone groups is 1. The third-order valence-electron chi connectivity index (χ3n) is 3.33. The lowest BCUT2D eigenvalue weighted by atomic mass is 9.91. The molecule has 0 bridgehead atoms. The normalized spacial score (nSPS) is 24.5. The molecule has 16 heavy (non-hydrogen) atoms. The van der Waals surface area contributed by atoms with Crippen LogP contribution in [0.15, 0.2) is 0 Å². The molecule has 1 rings (SSSR count). The van der Waals surface area contributed by atoms with Crippen LogP contribution in [0.5, 0.6) is 0 Å². The predicted molar refractivity (Wildman–Crippen MR) is 61.1 cm³/mol. The lowest BCUT2D eigenvalue weighted by Crippen LogP contribution is -2.55. The Morgan fingerprint density at radius 2 is 2.00 bits per heavy atom. The van der Waals surface area contributed by atoms with Crippen LogP contribution in [0.1, 0.15) is 33.1 Å². The molecule has 1 aliphatic heterocycles. The molecule has 1 heterocycles. The van der Waals surface area contributed by atoms with E-state index in [0.29, 0.717) is 19.3 Å². The quantitative estimate of drug-likeness (QED) is 0.737. The van der Waals surface area contributed by atoms with E-state index in [9.17, 15) is 18.3 Å². The van der Waals surface area contributed by atoms with Crippen LogP contribution in [0.3, 0.4) is 0 Å². The summed E-state index contributed by atoms with van der Waals surface area (Å²) in [6.45, 7) is 3.60. The second-order valence-corrected chi connectivity index (χ2v) is 6.57. The van der Waals surface area contributed by atoms with Gasteiger partial charge in [-0.25, -0.2) is 8.42 Å². The number of rotatable bonds is 5. The van der Waals surface area contributed by atoms with Crippen molar-refractivity contribution in [2.45, 2.75) is 44.7 Å². The lowest BCUT2D eigenvalue weighted by molar-refractivity contribution is -0.145. The Kier molecular flexibility index (Phi) is 3.96. The van der Waals surface area contributed by atoms with E-state index in [1.807, 2.05) is 0 Å². The fourth-order valence-electron chi connectivity index (χ4n) is 2.12. The summed E-state index contributed by atoms with van der Waals surface area (Å²) in [5.74, 6) is -0.683. The number of carbonyl (C=O) groups is 1. The molecule has 94 valence electrons. The van der Waals surface area contributed by atoms with Crippen molar-refractivity contribution in [2.24, 2.45) is 0 Å². The highest BCUT2D eigenvalue weighted by Crippen LogP contribution is 2.20. The number of carboxylic acid groups (broad SMARTS) is 1. The molecule has 6 heteroatoms. The topological polar surface area (TPSA) is 83.5 Å². The Morgan fingerprint density at radius 3 is 2.31 bits per heavy atom. The summed E-state index contributed by atoms with van der Waals surface area (Å²) in [5.41, 5.74) is -0.982. The van der Waals surface area contributed by atoms with E-state index in [2.05, 4.69) is 5.32 Å². The van der Waals surface area contributed by atoms with Gasteiger partial charge in [0.05, 0.1) is 11.5 Å². The molecule has 0 saturated carbocycles.